The Labute approximate surface area is 150 Å². The van der Waals surface area contributed by atoms with Gasteiger partial charge < -0.3 is 10.1 Å². The van der Waals surface area contributed by atoms with E-state index in [1.807, 2.05) is 42.5 Å². The number of anilines is 1. The SMILES string of the molecule is CC(OC(=O)c1cccc(Cl)c1)C(=O)Nc1ccc2ccccc2c1. The fourth-order valence-corrected chi connectivity index (χ4v) is 2.60. The monoisotopic (exact) mass is 353 g/mol. The fourth-order valence-electron chi connectivity index (χ4n) is 2.41. The minimum atomic E-state index is -0.932. The molecule has 3 aromatic rings. The second kappa shape index (κ2) is 7.36. The molecule has 25 heavy (non-hydrogen) atoms. The molecule has 1 unspecified atom stereocenters. The Morgan fingerprint density at radius 3 is 2.48 bits per heavy atom. The quantitative estimate of drug-likeness (QED) is 0.693. The molecule has 1 N–H and O–H groups in total. The predicted octanol–water partition coefficient (Wildman–Crippen LogP) is 4.68. The van der Waals surface area contributed by atoms with Crippen LogP contribution in [0.3, 0.4) is 0 Å². The lowest BCUT2D eigenvalue weighted by Gasteiger charge is -2.14. The molecule has 4 nitrogen and oxygen atoms in total. The van der Waals surface area contributed by atoms with E-state index in [9.17, 15) is 9.59 Å². The van der Waals surface area contributed by atoms with Gasteiger partial charge in [0.25, 0.3) is 5.91 Å². The van der Waals surface area contributed by atoms with Gasteiger partial charge in [0.05, 0.1) is 5.56 Å². The highest BCUT2D eigenvalue weighted by molar-refractivity contribution is 6.30. The Kier molecular flexibility index (Phi) is 5.00. The van der Waals surface area contributed by atoms with Crippen LogP contribution in [0.15, 0.2) is 66.7 Å². The van der Waals surface area contributed by atoms with Crippen molar-refractivity contribution < 1.29 is 14.3 Å². The number of nitrogens with one attached hydrogen (secondary N) is 1. The Morgan fingerprint density at radius 1 is 0.960 bits per heavy atom. The molecule has 0 heterocycles. The Balaban J connectivity index is 1.66. The van der Waals surface area contributed by atoms with Crippen LogP contribution in [0.4, 0.5) is 5.69 Å². The van der Waals surface area contributed by atoms with Gasteiger partial charge in [-0.1, -0.05) is 48.0 Å². The molecule has 0 aliphatic rings. The number of hydrogen-bond acceptors (Lipinski definition) is 3. The Bertz CT molecular complexity index is 939. The summed E-state index contributed by atoms with van der Waals surface area (Å²) in [5, 5.41) is 5.29. The summed E-state index contributed by atoms with van der Waals surface area (Å²) in [5.74, 6) is -0.991. The Hall–Kier alpha value is -2.85. The summed E-state index contributed by atoms with van der Waals surface area (Å²) in [6, 6.07) is 19.9. The zero-order chi connectivity index (χ0) is 17.8. The lowest BCUT2D eigenvalue weighted by atomic mass is 10.1. The summed E-state index contributed by atoms with van der Waals surface area (Å²) in [5.41, 5.74) is 0.951. The van der Waals surface area contributed by atoms with Crippen LogP contribution >= 0.6 is 11.6 Å². The maximum atomic E-state index is 12.3. The van der Waals surface area contributed by atoms with Crippen molar-refractivity contribution in [1.82, 2.24) is 0 Å². The van der Waals surface area contributed by atoms with Crippen LogP contribution in [0.25, 0.3) is 10.8 Å². The van der Waals surface area contributed by atoms with E-state index in [0.717, 1.165) is 10.8 Å². The van der Waals surface area contributed by atoms with Crippen molar-refractivity contribution in [1.29, 1.82) is 0 Å². The first-order chi connectivity index (χ1) is 12.0. The first-order valence-corrected chi connectivity index (χ1v) is 8.17. The summed E-state index contributed by atoms with van der Waals surface area (Å²) in [6.07, 6.45) is -0.932. The minimum absolute atomic E-state index is 0.304. The number of ether oxygens (including phenoxy) is 1. The molecule has 0 saturated heterocycles. The van der Waals surface area contributed by atoms with Gasteiger partial charge in [0.15, 0.2) is 6.10 Å². The van der Waals surface area contributed by atoms with Gasteiger partial charge in [-0.15, -0.1) is 0 Å². The number of amides is 1. The van der Waals surface area contributed by atoms with Crippen molar-refractivity contribution >= 4 is 39.9 Å². The largest absolute Gasteiger partial charge is 0.449 e. The van der Waals surface area contributed by atoms with Crippen LogP contribution in [-0.4, -0.2) is 18.0 Å². The molecule has 3 rings (SSSR count). The molecule has 0 saturated carbocycles. The van der Waals surface area contributed by atoms with Crippen molar-refractivity contribution in [2.24, 2.45) is 0 Å². The maximum Gasteiger partial charge on any atom is 0.338 e. The van der Waals surface area contributed by atoms with E-state index in [4.69, 9.17) is 16.3 Å². The molecular weight excluding hydrogens is 338 g/mol. The molecule has 3 aromatic carbocycles. The van der Waals surface area contributed by atoms with E-state index < -0.39 is 18.0 Å². The summed E-state index contributed by atoms with van der Waals surface area (Å²) in [4.78, 5) is 24.3. The second-order valence-corrected chi connectivity index (χ2v) is 6.05. The smallest absolute Gasteiger partial charge is 0.338 e. The van der Waals surface area contributed by atoms with E-state index in [-0.39, 0.29) is 0 Å². The summed E-state index contributed by atoms with van der Waals surface area (Å²) in [6.45, 7) is 1.53. The molecular formula is C20H16ClNO3. The highest BCUT2D eigenvalue weighted by Crippen LogP contribution is 2.19. The van der Waals surface area contributed by atoms with E-state index >= 15 is 0 Å². The van der Waals surface area contributed by atoms with Gasteiger partial charge in [-0.05, 0) is 48.0 Å². The van der Waals surface area contributed by atoms with Gasteiger partial charge in [0.2, 0.25) is 0 Å². The van der Waals surface area contributed by atoms with Crippen molar-refractivity contribution in [2.75, 3.05) is 5.32 Å². The zero-order valence-corrected chi connectivity index (χ0v) is 14.3. The van der Waals surface area contributed by atoms with Crippen molar-refractivity contribution in [3.63, 3.8) is 0 Å². The average Bonchev–Trinajstić information content (AvgIpc) is 2.61. The molecule has 0 aromatic heterocycles. The number of fused-ring (bicyclic) bond motifs is 1. The van der Waals surface area contributed by atoms with Crippen molar-refractivity contribution in [2.45, 2.75) is 13.0 Å². The van der Waals surface area contributed by atoms with Gasteiger partial charge in [0, 0.05) is 10.7 Å². The minimum Gasteiger partial charge on any atom is -0.449 e. The Morgan fingerprint density at radius 2 is 1.72 bits per heavy atom. The summed E-state index contributed by atoms with van der Waals surface area (Å²) < 4.78 is 5.20. The predicted molar refractivity (Wildman–Crippen MR) is 98.9 cm³/mol. The number of halogens is 1. The molecule has 0 bridgehead atoms. The lowest BCUT2D eigenvalue weighted by molar-refractivity contribution is -0.123. The summed E-state index contributed by atoms with van der Waals surface area (Å²) >= 11 is 5.86. The lowest BCUT2D eigenvalue weighted by Crippen LogP contribution is -2.30. The van der Waals surface area contributed by atoms with Crippen LogP contribution in [0, 0.1) is 0 Å². The molecule has 126 valence electrons. The van der Waals surface area contributed by atoms with Gasteiger partial charge in [0.1, 0.15) is 0 Å². The van der Waals surface area contributed by atoms with Crippen LogP contribution in [0.5, 0.6) is 0 Å². The molecule has 0 radical (unpaired) electrons. The fraction of sp³-hybridized carbons (Fsp3) is 0.100. The zero-order valence-electron chi connectivity index (χ0n) is 13.5. The number of hydrogen-bond donors (Lipinski definition) is 1. The average molecular weight is 354 g/mol. The number of carbonyl (C=O) groups excluding carboxylic acids is 2. The number of carbonyl (C=O) groups is 2. The van der Waals surface area contributed by atoms with Crippen LogP contribution in [0.2, 0.25) is 5.02 Å². The maximum absolute atomic E-state index is 12.3. The third-order valence-electron chi connectivity index (χ3n) is 3.73. The molecule has 5 heteroatoms. The highest BCUT2D eigenvalue weighted by atomic mass is 35.5. The first kappa shape index (κ1) is 17.0. The van der Waals surface area contributed by atoms with Crippen LogP contribution in [0.1, 0.15) is 17.3 Å². The molecule has 0 aliphatic heterocycles. The summed E-state index contributed by atoms with van der Waals surface area (Å²) in [7, 11) is 0. The number of benzene rings is 3. The molecule has 1 amide bonds. The molecule has 1 atom stereocenters. The first-order valence-electron chi connectivity index (χ1n) is 7.79. The highest BCUT2D eigenvalue weighted by Gasteiger charge is 2.19. The van der Waals surface area contributed by atoms with Gasteiger partial charge >= 0.3 is 5.97 Å². The van der Waals surface area contributed by atoms with Crippen LogP contribution < -0.4 is 5.32 Å². The van der Waals surface area contributed by atoms with E-state index in [1.165, 1.54) is 13.0 Å². The van der Waals surface area contributed by atoms with Gasteiger partial charge in [-0.25, -0.2) is 4.79 Å². The van der Waals surface area contributed by atoms with Gasteiger partial charge in [-0.2, -0.15) is 0 Å². The van der Waals surface area contributed by atoms with Gasteiger partial charge in [-0.3, -0.25) is 4.79 Å². The molecule has 0 fully saturated rings. The second-order valence-electron chi connectivity index (χ2n) is 5.61. The third kappa shape index (κ3) is 4.17. The van der Waals surface area contributed by atoms with Crippen molar-refractivity contribution in [3.8, 4) is 0 Å². The van der Waals surface area contributed by atoms with Crippen molar-refractivity contribution in [3.05, 3.63) is 77.3 Å². The molecule has 0 spiro atoms. The van der Waals surface area contributed by atoms with E-state index in [1.54, 1.807) is 18.2 Å². The molecule has 0 aliphatic carbocycles. The number of rotatable bonds is 4. The van der Waals surface area contributed by atoms with Crippen LogP contribution in [-0.2, 0) is 9.53 Å². The third-order valence-corrected chi connectivity index (χ3v) is 3.97. The normalized spacial score (nSPS) is 11.8. The van der Waals surface area contributed by atoms with E-state index in [2.05, 4.69) is 5.32 Å². The topological polar surface area (TPSA) is 55.4 Å². The standard InChI is InChI=1S/C20H16ClNO3/c1-13(25-20(24)16-7-4-8-17(21)11-16)19(23)22-18-10-9-14-5-2-3-6-15(14)12-18/h2-13H,1H3,(H,22,23). The number of esters is 1. The van der Waals surface area contributed by atoms with E-state index in [0.29, 0.717) is 16.3 Å².